The molecule has 1 amide bonds. The molecule has 0 spiro atoms. The van der Waals surface area contributed by atoms with Crippen molar-refractivity contribution in [3.05, 3.63) is 0 Å². The second-order valence-electron chi connectivity index (χ2n) is 4.80. The van der Waals surface area contributed by atoms with Gasteiger partial charge in [0.15, 0.2) is 0 Å². The number of hydrogen-bond donors (Lipinski definition) is 2. The first-order valence-corrected chi connectivity index (χ1v) is 7.65. The van der Waals surface area contributed by atoms with Crippen LogP contribution in [0.25, 0.3) is 0 Å². The number of carbonyl (C=O) groups is 1. The minimum Gasteiger partial charge on any atom is -0.379 e. The smallest absolute Gasteiger partial charge is 0.221 e. The molecule has 1 saturated carbocycles. The maximum absolute atomic E-state index is 11.6. The van der Waals surface area contributed by atoms with Gasteiger partial charge in [0.25, 0.3) is 0 Å². The first kappa shape index (κ1) is 13.2. The van der Waals surface area contributed by atoms with E-state index >= 15 is 0 Å². The highest BCUT2D eigenvalue weighted by atomic mass is 32.2. The molecule has 0 radical (unpaired) electrons. The molecule has 17 heavy (non-hydrogen) atoms. The van der Waals surface area contributed by atoms with Crippen molar-refractivity contribution in [3.8, 4) is 0 Å². The molecule has 0 aromatic heterocycles. The molecule has 2 rings (SSSR count). The Morgan fingerprint density at radius 1 is 1.47 bits per heavy atom. The highest BCUT2D eigenvalue weighted by Crippen LogP contribution is 2.28. The van der Waals surface area contributed by atoms with Gasteiger partial charge in [0.05, 0.1) is 6.61 Å². The van der Waals surface area contributed by atoms with Crippen molar-refractivity contribution in [1.29, 1.82) is 0 Å². The van der Waals surface area contributed by atoms with Gasteiger partial charge in [0.2, 0.25) is 5.91 Å². The number of carbonyl (C=O) groups excluding carboxylic acids is 1. The van der Waals surface area contributed by atoms with Crippen molar-refractivity contribution < 1.29 is 9.53 Å². The molecule has 2 fully saturated rings. The van der Waals surface area contributed by atoms with Crippen LogP contribution >= 0.6 is 11.8 Å². The largest absolute Gasteiger partial charge is 0.379 e. The van der Waals surface area contributed by atoms with Gasteiger partial charge in [0.1, 0.15) is 0 Å². The summed E-state index contributed by atoms with van der Waals surface area (Å²) < 4.78 is 5.46. The molecule has 1 atom stereocenters. The van der Waals surface area contributed by atoms with E-state index in [1.807, 2.05) is 11.8 Å². The summed E-state index contributed by atoms with van der Waals surface area (Å²) in [5, 5.41) is 6.27. The van der Waals surface area contributed by atoms with Gasteiger partial charge in [-0.3, -0.25) is 4.79 Å². The summed E-state index contributed by atoms with van der Waals surface area (Å²) >= 11 is 1.92. The molecule has 2 aliphatic rings. The fraction of sp³-hybridized carbons (Fsp3) is 0.917. The summed E-state index contributed by atoms with van der Waals surface area (Å²) in [6, 6.07) is 0.348. The average Bonchev–Trinajstić information content (AvgIpc) is 3.14. The van der Waals surface area contributed by atoms with Crippen LogP contribution < -0.4 is 10.6 Å². The molecule has 1 unspecified atom stereocenters. The Bertz CT molecular complexity index is 241. The van der Waals surface area contributed by atoms with Gasteiger partial charge in [-0.1, -0.05) is 0 Å². The number of ether oxygens (including phenoxy) is 1. The molecule has 1 aliphatic heterocycles. The number of hydrogen-bond acceptors (Lipinski definition) is 4. The lowest BCUT2D eigenvalue weighted by molar-refractivity contribution is -0.121. The molecule has 0 aromatic carbocycles. The molecule has 1 heterocycles. The van der Waals surface area contributed by atoms with Gasteiger partial charge < -0.3 is 15.4 Å². The zero-order chi connectivity index (χ0) is 11.9. The van der Waals surface area contributed by atoms with E-state index in [-0.39, 0.29) is 5.91 Å². The molecule has 98 valence electrons. The second-order valence-corrected chi connectivity index (χ2v) is 5.95. The molecule has 1 aliphatic carbocycles. The zero-order valence-corrected chi connectivity index (χ0v) is 11.1. The molecular weight excluding hydrogens is 236 g/mol. The maximum atomic E-state index is 11.6. The molecular formula is C12H22N2O2S. The number of nitrogens with one attached hydrogen (secondary N) is 2. The van der Waals surface area contributed by atoms with Gasteiger partial charge in [0, 0.05) is 43.7 Å². The fourth-order valence-electron chi connectivity index (χ4n) is 1.84. The monoisotopic (exact) mass is 258 g/mol. The average molecular weight is 258 g/mol. The second kappa shape index (κ2) is 7.24. The van der Waals surface area contributed by atoms with Crippen molar-refractivity contribution >= 4 is 17.7 Å². The summed E-state index contributed by atoms with van der Waals surface area (Å²) in [6.07, 6.45) is 3.23. The van der Waals surface area contributed by atoms with E-state index in [9.17, 15) is 4.79 Å². The van der Waals surface area contributed by atoms with Gasteiger partial charge in [-0.25, -0.2) is 0 Å². The minimum atomic E-state index is 0.139. The Morgan fingerprint density at radius 2 is 2.35 bits per heavy atom. The van der Waals surface area contributed by atoms with E-state index in [1.165, 1.54) is 12.8 Å². The van der Waals surface area contributed by atoms with E-state index < -0.39 is 0 Å². The highest BCUT2D eigenvalue weighted by Gasteiger charge is 2.21. The van der Waals surface area contributed by atoms with Crippen LogP contribution in [-0.2, 0) is 9.53 Å². The third kappa shape index (κ3) is 5.75. The van der Waals surface area contributed by atoms with E-state index in [4.69, 9.17) is 4.74 Å². The highest BCUT2D eigenvalue weighted by molar-refractivity contribution is 7.99. The predicted molar refractivity (Wildman–Crippen MR) is 70.3 cm³/mol. The number of rotatable bonds is 7. The van der Waals surface area contributed by atoms with Gasteiger partial charge in [-0.2, -0.15) is 11.8 Å². The molecule has 1 saturated heterocycles. The zero-order valence-electron chi connectivity index (χ0n) is 10.2. The normalized spacial score (nSPS) is 24.6. The Balaban J connectivity index is 1.44. The first-order valence-electron chi connectivity index (χ1n) is 6.50. The Kier molecular flexibility index (Phi) is 5.61. The molecule has 5 heteroatoms. The van der Waals surface area contributed by atoms with E-state index in [2.05, 4.69) is 10.6 Å². The third-order valence-electron chi connectivity index (χ3n) is 3.05. The molecule has 0 aromatic rings. The van der Waals surface area contributed by atoms with Crippen LogP contribution in [0.3, 0.4) is 0 Å². The lowest BCUT2D eigenvalue weighted by Gasteiger charge is -2.22. The van der Waals surface area contributed by atoms with Crippen molar-refractivity contribution in [1.82, 2.24) is 10.6 Å². The van der Waals surface area contributed by atoms with Crippen LogP contribution in [-0.4, -0.2) is 49.8 Å². The van der Waals surface area contributed by atoms with Crippen molar-refractivity contribution in [2.45, 2.75) is 25.3 Å². The van der Waals surface area contributed by atoms with Crippen LogP contribution in [0.5, 0.6) is 0 Å². The molecule has 2 N–H and O–H groups in total. The summed E-state index contributed by atoms with van der Waals surface area (Å²) in [5.41, 5.74) is 0. The van der Waals surface area contributed by atoms with Crippen LogP contribution in [0.1, 0.15) is 19.3 Å². The Labute approximate surface area is 107 Å². The number of thioether (sulfide) groups is 1. The summed E-state index contributed by atoms with van der Waals surface area (Å²) in [7, 11) is 0. The van der Waals surface area contributed by atoms with E-state index in [0.717, 1.165) is 30.6 Å². The lowest BCUT2D eigenvalue weighted by Crippen LogP contribution is -2.41. The maximum Gasteiger partial charge on any atom is 0.221 e. The van der Waals surface area contributed by atoms with Crippen molar-refractivity contribution in [2.24, 2.45) is 5.92 Å². The molecule has 4 nitrogen and oxygen atoms in total. The van der Waals surface area contributed by atoms with Gasteiger partial charge >= 0.3 is 0 Å². The van der Waals surface area contributed by atoms with E-state index in [1.54, 1.807) is 0 Å². The van der Waals surface area contributed by atoms with Crippen LogP contribution in [0.2, 0.25) is 0 Å². The van der Waals surface area contributed by atoms with Crippen molar-refractivity contribution in [2.75, 3.05) is 37.8 Å². The van der Waals surface area contributed by atoms with Gasteiger partial charge in [-0.05, 0) is 18.8 Å². The van der Waals surface area contributed by atoms with Crippen LogP contribution in [0.4, 0.5) is 0 Å². The summed E-state index contributed by atoms with van der Waals surface area (Å²) in [5.74, 6) is 3.15. The predicted octanol–water partition coefficient (Wildman–Crippen LogP) is 0.624. The van der Waals surface area contributed by atoms with E-state index in [0.29, 0.717) is 25.6 Å². The lowest BCUT2D eigenvalue weighted by atomic mass is 10.2. The van der Waals surface area contributed by atoms with Gasteiger partial charge in [-0.15, -0.1) is 0 Å². The third-order valence-corrected chi connectivity index (χ3v) is 4.18. The molecule has 0 bridgehead atoms. The fourth-order valence-corrected chi connectivity index (χ4v) is 2.79. The van der Waals surface area contributed by atoms with Crippen molar-refractivity contribution in [3.63, 3.8) is 0 Å². The quantitative estimate of drug-likeness (QED) is 0.658. The van der Waals surface area contributed by atoms with Crippen LogP contribution in [0, 0.1) is 5.92 Å². The Morgan fingerprint density at radius 3 is 3.06 bits per heavy atom. The first-order chi connectivity index (χ1) is 8.34. The number of amides is 1. The summed E-state index contributed by atoms with van der Waals surface area (Å²) in [6.45, 7) is 3.18. The minimum absolute atomic E-state index is 0.139. The van der Waals surface area contributed by atoms with Crippen LogP contribution in [0.15, 0.2) is 0 Å². The Hall–Kier alpha value is -0.260. The standard InChI is InChI=1S/C12H22N2O2S/c15-12(7-11-9-17-6-4-13-11)14-3-5-16-8-10-1-2-10/h10-11,13H,1-9H2,(H,14,15). The summed E-state index contributed by atoms with van der Waals surface area (Å²) in [4.78, 5) is 11.6. The topological polar surface area (TPSA) is 50.4 Å². The SMILES string of the molecule is O=C(CC1CSCCN1)NCCOCC1CC1.